The summed E-state index contributed by atoms with van der Waals surface area (Å²) in [4.78, 5) is 10.7. The first-order chi connectivity index (χ1) is 7.16. The van der Waals surface area contributed by atoms with Crippen LogP contribution in [-0.4, -0.2) is 12.5 Å². The molecule has 0 aliphatic heterocycles. The molecule has 0 aromatic heterocycles. The normalized spacial score (nSPS) is 18.9. The van der Waals surface area contributed by atoms with Crippen molar-refractivity contribution < 1.29 is 4.79 Å². The van der Waals surface area contributed by atoms with E-state index in [2.05, 4.69) is 5.32 Å². The maximum Gasteiger partial charge on any atom is 0.231 e. The number of aryl methyl sites for hydroxylation is 1. The molecule has 3 N–H and O–H groups in total. The molecule has 1 aromatic rings. The van der Waals surface area contributed by atoms with Gasteiger partial charge in [-0.3, -0.25) is 4.79 Å². The minimum absolute atomic E-state index is 0.229. The van der Waals surface area contributed by atoms with Crippen molar-refractivity contribution in [1.29, 1.82) is 0 Å². The number of nitrogens with two attached hydrogens (primary N) is 1. The van der Waals surface area contributed by atoms with Crippen LogP contribution in [0.25, 0.3) is 0 Å². The van der Waals surface area contributed by atoms with E-state index < -0.39 is 0 Å². The van der Waals surface area contributed by atoms with Crippen LogP contribution < -0.4 is 11.1 Å². The number of benzene rings is 1. The summed E-state index contributed by atoms with van der Waals surface area (Å²) in [7, 11) is 0. The number of amides is 1. The van der Waals surface area contributed by atoms with Crippen molar-refractivity contribution in [3.8, 4) is 0 Å². The van der Waals surface area contributed by atoms with Gasteiger partial charge in [-0.25, -0.2) is 0 Å². The predicted octanol–water partition coefficient (Wildman–Crippen LogP) is 1.40. The zero-order valence-electron chi connectivity index (χ0n) is 8.29. The van der Waals surface area contributed by atoms with Gasteiger partial charge in [-0.15, -0.1) is 0 Å². The molecule has 1 atom stereocenters. The molecule has 1 amide bonds. The number of primary amides is 1. The SMILES string of the molecule is NC(=O)CNC1CCc2cc(Cl)ccc21. The van der Waals surface area contributed by atoms with Gasteiger partial charge in [-0.2, -0.15) is 0 Å². The van der Waals surface area contributed by atoms with Crippen molar-refractivity contribution in [3.63, 3.8) is 0 Å². The molecule has 4 heteroatoms. The first-order valence-corrected chi connectivity index (χ1v) is 5.34. The average Bonchev–Trinajstić information content (AvgIpc) is 2.57. The Morgan fingerprint density at radius 3 is 3.13 bits per heavy atom. The van der Waals surface area contributed by atoms with Crippen molar-refractivity contribution in [2.75, 3.05) is 6.54 Å². The van der Waals surface area contributed by atoms with Crippen molar-refractivity contribution in [2.45, 2.75) is 18.9 Å². The van der Waals surface area contributed by atoms with E-state index in [0.29, 0.717) is 0 Å². The van der Waals surface area contributed by atoms with Gasteiger partial charge in [0.2, 0.25) is 5.91 Å². The van der Waals surface area contributed by atoms with Gasteiger partial charge in [0.25, 0.3) is 0 Å². The molecule has 1 aromatic carbocycles. The Hall–Kier alpha value is -1.06. The van der Waals surface area contributed by atoms with Gasteiger partial charge in [0.05, 0.1) is 6.54 Å². The Bertz CT molecular complexity index is 392. The fourth-order valence-corrected chi connectivity index (χ4v) is 2.22. The summed E-state index contributed by atoms with van der Waals surface area (Å²) in [6.07, 6.45) is 2.01. The quantitative estimate of drug-likeness (QED) is 0.816. The first-order valence-electron chi connectivity index (χ1n) is 4.97. The lowest BCUT2D eigenvalue weighted by molar-refractivity contribution is -0.117. The fourth-order valence-electron chi connectivity index (χ4n) is 2.02. The number of halogens is 1. The van der Waals surface area contributed by atoms with Crippen LogP contribution >= 0.6 is 11.6 Å². The molecule has 1 unspecified atom stereocenters. The molecule has 3 nitrogen and oxygen atoms in total. The molecule has 0 radical (unpaired) electrons. The summed E-state index contributed by atoms with van der Waals surface area (Å²) >= 11 is 5.90. The van der Waals surface area contributed by atoms with E-state index >= 15 is 0 Å². The number of fused-ring (bicyclic) bond motifs is 1. The van der Waals surface area contributed by atoms with E-state index in [1.165, 1.54) is 11.1 Å². The number of hydrogen-bond donors (Lipinski definition) is 2. The van der Waals surface area contributed by atoms with Crippen LogP contribution in [0.5, 0.6) is 0 Å². The minimum Gasteiger partial charge on any atom is -0.369 e. The summed E-state index contributed by atoms with van der Waals surface area (Å²) in [6.45, 7) is 0.229. The Morgan fingerprint density at radius 1 is 1.60 bits per heavy atom. The maximum absolute atomic E-state index is 10.7. The molecule has 0 saturated heterocycles. The third kappa shape index (κ3) is 2.30. The van der Waals surface area contributed by atoms with Crippen LogP contribution in [0.2, 0.25) is 5.02 Å². The van der Waals surface area contributed by atoms with Gasteiger partial charge in [0.1, 0.15) is 0 Å². The molecule has 15 heavy (non-hydrogen) atoms. The van der Waals surface area contributed by atoms with E-state index in [4.69, 9.17) is 17.3 Å². The monoisotopic (exact) mass is 224 g/mol. The molecule has 0 fully saturated rings. The van der Waals surface area contributed by atoms with E-state index in [1.807, 2.05) is 18.2 Å². The number of nitrogens with one attached hydrogen (secondary N) is 1. The molecule has 0 heterocycles. The molecule has 80 valence electrons. The van der Waals surface area contributed by atoms with E-state index in [9.17, 15) is 4.79 Å². The number of rotatable bonds is 3. The van der Waals surface area contributed by atoms with Crippen molar-refractivity contribution in [2.24, 2.45) is 5.73 Å². The van der Waals surface area contributed by atoms with Crippen LogP contribution in [0.4, 0.5) is 0 Å². The number of carbonyl (C=O) groups is 1. The topological polar surface area (TPSA) is 55.1 Å². The summed E-state index contributed by atoms with van der Waals surface area (Å²) in [5, 5.41) is 3.91. The molecule has 1 aliphatic rings. The van der Waals surface area contributed by atoms with E-state index in [1.54, 1.807) is 0 Å². The lowest BCUT2D eigenvalue weighted by atomic mass is 10.1. The van der Waals surface area contributed by atoms with Gasteiger partial charge in [-0.05, 0) is 36.1 Å². The highest BCUT2D eigenvalue weighted by atomic mass is 35.5. The Balaban J connectivity index is 2.11. The predicted molar refractivity (Wildman–Crippen MR) is 59.7 cm³/mol. The highest BCUT2D eigenvalue weighted by Gasteiger charge is 2.22. The third-order valence-electron chi connectivity index (χ3n) is 2.71. The molecule has 2 rings (SSSR count). The van der Waals surface area contributed by atoms with Crippen LogP contribution in [0.3, 0.4) is 0 Å². The Kier molecular flexibility index (Phi) is 2.93. The van der Waals surface area contributed by atoms with Crippen molar-refractivity contribution >= 4 is 17.5 Å². The summed E-state index contributed by atoms with van der Waals surface area (Å²) in [6, 6.07) is 6.13. The molecule has 1 aliphatic carbocycles. The summed E-state index contributed by atoms with van der Waals surface area (Å²) in [5.41, 5.74) is 7.60. The second kappa shape index (κ2) is 4.21. The summed E-state index contributed by atoms with van der Waals surface area (Å²) in [5.74, 6) is -0.322. The Morgan fingerprint density at radius 2 is 2.40 bits per heavy atom. The molecular formula is C11H13ClN2O. The highest BCUT2D eigenvalue weighted by molar-refractivity contribution is 6.30. The summed E-state index contributed by atoms with van der Waals surface area (Å²) < 4.78 is 0. The smallest absolute Gasteiger partial charge is 0.231 e. The van der Waals surface area contributed by atoms with E-state index in [0.717, 1.165) is 17.9 Å². The van der Waals surface area contributed by atoms with Gasteiger partial charge >= 0.3 is 0 Å². The van der Waals surface area contributed by atoms with Crippen LogP contribution in [0.1, 0.15) is 23.6 Å². The first kappa shape index (κ1) is 10.5. The highest BCUT2D eigenvalue weighted by Crippen LogP contribution is 2.32. The third-order valence-corrected chi connectivity index (χ3v) is 2.94. The van der Waals surface area contributed by atoms with Crippen LogP contribution in [-0.2, 0) is 11.2 Å². The van der Waals surface area contributed by atoms with Crippen molar-refractivity contribution in [3.05, 3.63) is 34.3 Å². The largest absolute Gasteiger partial charge is 0.369 e. The second-order valence-electron chi connectivity index (χ2n) is 3.78. The lowest BCUT2D eigenvalue weighted by Crippen LogP contribution is -2.30. The van der Waals surface area contributed by atoms with Crippen LogP contribution in [0, 0.1) is 0 Å². The fraction of sp³-hybridized carbons (Fsp3) is 0.364. The maximum atomic E-state index is 10.7. The second-order valence-corrected chi connectivity index (χ2v) is 4.22. The van der Waals surface area contributed by atoms with Gasteiger partial charge < -0.3 is 11.1 Å². The molecule has 0 bridgehead atoms. The number of hydrogen-bond acceptors (Lipinski definition) is 2. The average molecular weight is 225 g/mol. The number of carbonyl (C=O) groups excluding carboxylic acids is 1. The zero-order valence-corrected chi connectivity index (χ0v) is 9.05. The minimum atomic E-state index is -0.322. The Labute approximate surface area is 93.6 Å². The zero-order chi connectivity index (χ0) is 10.8. The molecule has 0 saturated carbocycles. The van der Waals surface area contributed by atoms with Gasteiger partial charge in [0, 0.05) is 11.1 Å². The standard InChI is InChI=1S/C11H13ClN2O/c12-8-2-3-9-7(5-8)1-4-10(9)14-6-11(13)15/h2-3,5,10,14H,1,4,6H2,(H2,13,15). The van der Waals surface area contributed by atoms with Crippen molar-refractivity contribution in [1.82, 2.24) is 5.32 Å². The van der Waals surface area contributed by atoms with Gasteiger partial charge in [0.15, 0.2) is 0 Å². The molecular weight excluding hydrogens is 212 g/mol. The van der Waals surface area contributed by atoms with Gasteiger partial charge in [-0.1, -0.05) is 17.7 Å². The molecule has 0 spiro atoms. The van der Waals surface area contributed by atoms with E-state index in [-0.39, 0.29) is 18.5 Å². The lowest BCUT2D eigenvalue weighted by Gasteiger charge is -2.12. The van der Waals surface area contributed by atoms with Crippen LogP contribution in [0.15, 0.2) is 18.2 Å².